The van der Waals surface area contributed by atoms with Crippen molar-refractivity contribution < 1.29 is 4.79 Å². The van der Waals surface area contributed by atoms with Crippen LogP contribution in [0.3, 0.4) is 0 Å². The van der Waals surface area contributed by atoms with Gasteiger partial charge in [-0.25, -0.2) is 9.97 Å². The third-order valence-corrected chi connectivity index (χ3v) is 4.25. The highest BCUT2D eigenvalue weighted by Crippen LogP contribution is 2.20. The molecule has 0 aliphatic heterocycles. The number of rotatable bonds is 5. The van der Waals surface area contributed by atoms with Crippen LogP contribution in [0, 0.1) is 20.8 Å². The SMILES string of the molecule is CCN(C(=O)c1cnc(Nc2cc(C)cc(C)c2)nc1)c1cccc(C)c1. The topological polar surface area (TPSA) is 58.1 Å². The summed E-state index contributed by atoms with van der Waals surface area (Å²) >= 11 is 0. The van der Waals surface area contributed by atoms with Crippen molar-refractivity contribution in [3.05, 3.63) is 77.1 Å². The van der Waals surface area contributed by atoms with E-state index in [1.807, 2.05) is 64.1 Å². The molecule has 0 aliphatic rings. The predicted octanol–water partition coefficient (Wildman–Crippen LogP) is 4.81. The first-order valence-electron chi connectivity index (χ1n) is 9.02. The van der Waals surface area contributed by atoms with E-state index in [0.717, 1.165) is 16.9 Å². The van der Waals surface area contributed by atoms with Gasteiger partial charge in [0, 0.05) is 30.3 Å². The molecule has 0 saturated carbocycles. The molecule has 0 bridgehead atoms. The summed E-state index contributed by atoms with van der Waals surface area (Å²) in [5.74, 6) is 0.358. The number of carbonyl (C=O) groups excluding carboxylic acids is 1. The molecule has 2 aromatic carbocycles. The average molecular weight is 360 g/mol. The number of hydrogen-bond donors (Lipinski definition) is 1. The number of aryl methyl sites for hydroxylation is 3. The Balaban J connectivity index is 1.78. The molecule has 1 amide bonds. The molecule has 1 heterocycles. The molecule has 0 fully saturated rings. The number of nitrogens with zero attached hydrogens (tertiary/aromatic N) is 3. The summed E-state index contributed by atoms with van der Waals surface area (Å²) in [5.41, 5.74) is 5.72. The maximum absolute atomic E-state index is 12.9. The number of nitrogens with one attached hydrogen (secondary N) is 1. The van der Waals surface area contributed by atoms with Crippen LogP contribution in [-0.2, 0) is 0 Å². The molecule has 0 radical (unpaired) electrons. The summed E-state index contributed by atoms with van der Waals surface area (Å²) in [6, 6.07) is 14.1. The maximum atomic E-state index is 12.9. The Labute approximate surface area is 160 Å². The fraction of sp³-hybridized carbons (Fsp3) is 0.227. The number of aromatic nitrogens is 2. The molecule has 5 nitrogen and oxygen atoms in total. The van der Waals surface area contributed by atoms with E-state index in [4.69, 9.17) is 0 Å². The van der Waals surface area contributed by atoms with Gasteiger partial charge in [-0.05, 0) is 68.7 Å². The normalized spacial score (nSPS) is 10.5. The second-order valence-corrected chi connectivity index (χ2v) is 6.69. The molecule has 0 aliphatic carbocycles. The minimum atomic E-state index is -0.110. The fourth-order valence-electron chi connectivity index (χ4n) is 3.07. The molecule has 5 heteroatoms. The summed E-state index contributed by atoms with van der Waals surface area (Å²) in [5, 5.41) is 3.19. The summed E-state index contributed by atoms with van der Waals surface area (Å²) in [4.78, 5) is 23.2. The Hall–Kier alpha value is -3.21. The molecule has 27 heavy (non-hydrogen) atoms. The van der Waals surface area contributed by atoms with Crippen molar-refractivity contribution in [1.82, 2.24) is 9.97 Å². The van der Waals surface area contributed by atoms with Gasteiger partial charge in [0.1, 0.15) is 0 Å². The van der Waals surface area contributed by atoms with Crippen LogP contribution < -0.4 is 10.2 Å². The van der Waals surface area contributed by atoms with Crippen LogP contribution in [0.25, 0.3) is 0 Å². The van der Waals surface area contributed by atoms with Crippen molar-refractivity contribution in [2.75, 3.05) is 16.8 Å². The standard InChI is InChI=1S/C22H24N4O/c1-5-26(20-8-6-7-15(2)12-20)21(27)18-13-23-22(24-14-18)25-19-10-16(3)9-17(4)11-19/h6-14H,5H2,1-4H3,(H,23,24,25). The molecule has 3 rings (SSSR count). The molecule has 0 atom stereocenters. The van der Waals surface area contributed by atoms with Crippen LogP contribution in [0.2, 0.25) is 0 Å². The van der Waals surface area contributed by atoms with Crippen molar-refractivity contribution >= 4 is 23.2 Å². The molecule has 0 unspecified atom stereocenters. The third kappa shape index (κ3) is 4.50. The fourth-order valence-corrected chi connectivity index (χ4v) is 3.07. The molecule has 1 N–H and O–H groups in total. The second-order valence-electron chi connectivity index (χ2n) is 6.69. The summed E-state index contributed by atoms with van der Waals surface area (Å²) in [6.45, 7) is 8.64. The van der Waals surface area contributed by atoms with Crippen molar-refractivity contribution in [1.29, 1.82) is 0 Å². The molecule has 0 saturated heterocycles. The van der Waals surface area contributed by atoms with Crippen LogP contribution >= 0.6 is 0 Å². The first-order valence-corrected chi connectivity index (χ1v) is 9.02. The molecular formula is C22H24N4O. The van der Waals surface area contributed by atoms with E-state index in [-0.39, 0.29) is 5.91 Å². The zero-order valence-corrected chi connectivity index (χ0v) is 16.2. The van der Waals surface area contributed by atoms with Crippen LogP contribution in [0.5, 0.6) is 0 Å². The van der Waals surface area contributed by atoms with Crippen molar-refractivity contribution in [3.63, 3.8) is 0 Å². The van der Waals surface area contributed by atoms with E-state index in [1.54, 1.807) is 17.3 Å². The number of amides is 1. The zero-order valence-electron chi connectivity index (χ0n) is 16.2. The maximum Gasteiger partial charge on any atom is 0.261 e. The zero-order chi connectivity index (χ0) is 19.4. The Kier molecular flexibility index (Phi) is 5.50. The van der Waals surface area contributed by atoms with E-state index in [1.165, 1.54) is 11.1 Å². The number of benzene rings is 2. The van der Waals surface area contributed by atoms with Gasteiger partial charge in [0.2, 0.25) is 5.95 Å². The van der Waals surface area contributed by atoms with E-state index in [9.17, 15) is 4.79 Å². The van der Waals surface area contributed by atoms with Crippen LogP contribution in [0.4, 0.5) is 17.3 Å². The summed E-state index contributed by atoms with van der Waals surface area (Å²) in [6.07, 6.45) is 3.14. The van der Waals surface area contributed by atoms with E-state index in [0.29, 0.717) is 18.1 Å². The first-order chi connectivity index (χ1) is 13.0. The lowest BCUT2D eigenvalue weighted by Crippen LogP contribution is -2.30. The van der Waals surface area contributed by atoms with E-state index >= 15 is 0 Å². The summed E-state index contributed by atoms with van der Waals surface area (Å²) in [7, 11) is 0. The van der Waals surface area contributed by atoms with Gasteiger partial charge in [-0.15, -0.1) is 0 Å². The highest BCUT2D eigenvalue weighted by atomic mass is 16.2. The lowest BCUT2D eigenvalue weighted by Gasteiger charge is -2.21. The average Bonchev–Trinajstić information content (AvgIpc) is 2.62. The van der Waals surface area contributed by atoms with Crippen molar-refractivity contribution in [3.8, 4) is 0 Å². The van der Waals surface area contributed by atoms with Gasteiger partial charge in [0.15, 0.2) is 0 Å². The highest BCUT2D eigenvalue weighted by Gasteiger charge is 2.17. The predicted molar refractivity (Wildman–Crippen MR) is 110 cm³/mol. The van der Waals surface area contributed by atoms with Gasteiger partial charge < -0.3 is 10.2 Å². The minimum Gasteiger partial charge on any atom is -0.324 e. The van der Waals surface area contributed by atoms with Gasteiger partial charge >= 0.3 is 0 Å². The smallest absolute Gasteiger partial charge is 0.261 e. The van der Waals surface area contributed by atoms with Gasteiger partial charge in [-0.1, -0.05) is 18.2 Å². The summed E-state index contributed by atoms with van der Waals surface area (Å²) < 4.78 is 0. The molecule has 1 aromatic heterocycles. The quantitative estimate of drug-likeness (QED) is 0.709. The number of hydrogen-bond acceptors (Lipinski definition) is 4. The first kappa shape index (κ1) is 18.6. The largest absolute Gasteiger partial charge is 0.324 e. The number of carbonyl (C=O) groups is 1. The van der Waals surface area contributed by atoms with E-state index in [2.05, 4.69) is 21.4 Å². The van der Waals surface area contributed by atoms with Gasteiger partial charge in [-0.3, -0.25) is 4.79 Å². The van der Waals surface area contributed by atoms with Crippen molar-refractivity contribution in [2.24, 2.45) is 0 Å². The molecule has 3 aromatic rings. The molecular weight excluding hydrogens is 336 g/mol. The Bertz CT molecular complexity index is 931. The lowest BCUT2D eigenvalue weighted by molar-refractivity contribution is 0.0987. The number of anilines is 3. The van der Waals surface area contributed by atoms with Gasteiger partial charge in [-0.2, -0.15) is 0 Å². The Morgan fingerprint density at radius 2 is 1.63 bits per heavy atom. The highest BCUT2D eigenvalue weighted by molar-refractivity contribution is 6.05. The van der Waals surface area contributed by atoms with Crippen LogP contribution in [0.15, 0.2) is 54.9 Å². The van der Waals surface area contributed by atoms with Gasteiger partial charge in [0.25, 0.3) is 5.91 Å². The second kappa shape index (κ2) is 7.99. The minimum absolute atomic E-state index is 0.110. The molecule has 0 spiro atoms. The van der Waals surface area contributed by atoms with Crippen LogP contribution in [0.1, 0.15) is 34.0 Å². The molecule has 138 valence electrons. The Morgan fingerprint density at radius 1 is 0.963 bits per heavy atom. The van der Waals surface area contributed by atoms with Crippen molar-refractivity contribution in [2.45, 2.75) is 27.7 Å². The third-order valence-electron chi connectivity index (χ3n) is 4.25. The van der Waals surface area contributed by atoms with Crippen LogP contribution in [-0.4, -0.2) is 22.4 Å². The lowest BCUT2D eigenvalue weighted by atomic mass is 10.1. The Morgan fingerprint density at radius 3 is 2.22 bits per heavy atom. The van der Waals surface area contributed by atoms with E-state index < -0.39 is 0 Å². The van der Waals surface area contributed by atoms with Gasteiger partial charge in [0.05, 0.1) is 5.56 Å². The monoisotopic (exact) mass is 360 g/mol.